The molecule has 14 heavy (non-hydrogen) atoms. The van der Waals surface area contributed by atoms with Crippen molar-refractivity contribution in [3.05, 3.63) is 0 Å². The summed E-state index contributed by atoms with van der Waals surface area (Å²) in [4.78, 5) is 0. The molecule has 2 aliphatic carbocycles. The van der Waals surface area contributed by atoms with Gasteiger partial charge in [-0.15, -0.1) is 0 Å². The van der Waals surface area contributed by atoms with Crippen LogP contribution in [0.3, 0.4) is 0 Å². The summed E-state index contributed by atoms with van der Waals surface area (Å²) in [5.41, 5.74) is 0. The molecule has 0 saturated heterocycles. The van der Waals surface area contributed by atoms with Gasteiger partial charge in [0.1, 0.15) is 7.28 Å². The van der Waals surface area contributed by atoms with E-state index in [-0.39, 0.29) is 25.9 Å². The number of hydrogen-bond acceptors (Lipinski definition) is 0. The Balaban J connectivity index is 0. The van der Waals surface area contributed by atoms with Gasteiger partial charge >= 0.3 is 23.1 Å². The molecule has 2 fully saturated rings. The summed E-state index contributed by atoms with van der Waals surface area (Å²) >= 11 is 0. The van der Waals surface area contributed by atoms with E-state index in [0.717, 1.165) is 11.6 Å². The predicted molar refractivity (Wildman–Crippen MR) is 67.4 cm³/mol. The van der Waals surface area contributed by atoms with Crippen molar-refractivity contribution in [2.75, 3.05) is 0 Å². The normalized spacial score (nSPS) is 25.4. The van der Waals surface area contributed by atoms with Gasteiger partial charge in [0.2, 0.25) is 0 Å². The van der Waals surface area contributed by atoms with E-state index in [0.29, 0.717) is 0 Å². The van der Waals surface area contributed by atoms with Gasteiger partial charge in [0, 0.05) is 0 Å². The molecular formula is C12H24BMg. The Morgan fingerprint density at radius 2 is 1.00 bits per heavy atom. The van der Waals surface area contributed by atoms with Crippen LogP contribution in [0.15, 0.2) is 0 Å². The second kappa shape index (κ2) is 7.16. The van der Waals surface area contributed by atoms with E-state index in [1.807, 2.05) is 0 Å². The molecule has 0 nitrogen and oxygen atoms in total. The van der Waals surface area contributed by atoms with Gasteiger partial charge in [0.15, 0.2) is 0 Å². The Morgan fingerprint density at radius 1 is 0.643 bits per heavy atom. The van der Waals surface area contributed by atoms with Crippen LogP contribution in [-0.4, -0.2) is 30.3 Å². The van der Waals surface area contributed by atoms with E-state index in [2.05, 4.69) is 7.28 Å². The minimum absolute atomic E-state index is 0. The van der Waals surface area contributed by atoms with E-state index >= 15 is 0 Å². The summed E-state index contributed by atoms with van der Waals surface area (Å²) in [5, 5.41) is 0. The maximum atomic E-state index is 2.72. The van der Waals surface area contributed by atoms with E-state index in [4.69, 9.17) is 0 Å². The van der Waals surface area contributed by atoms with Gasteiger partial charge in [0.05, 0.1) is 0 Å². The predicted octanol–water partition coefficient (Wildman–Crippen LogP) is 4.04. The fraction of sp³-hybridized carbons (Fsp3) is 1.00. The zero-order valence-corrected chi connectivity index (χ0v) is 10.9. The molecule has 0 aromatic rings. The number of hydrogen-bond donors (Lipinski definition) is 0. The first-order chi connectivity index (χ1) is 6.45. The van der Waals surface area contributed by atoms with Gasteiger partial charge in [0.25, 0.3) is 0 Å². The molecule has 0 N–H and O–H groups in total. The van der Waals surface area contributed by atoms with Crippen molar-refractivity contribution in [1.29, 1.82) is 0 Å². The minimum atomic E-state index is 0. The summed E-state index contributed by atoms with van der Waals surface area (Å²) in [5.74, 6) is 1.99. The Morgan fingerprint density at radius 3 is 1.36 bits per heavy atom. The van der Waals surface area contributed by atoms with Gasteiger partial charge < -0.3 is 2.85 Å². The molecule has 0 aliphatic heterocycles. The van der Waals surface area contributed by atoms with Crippen molar-refractivity contribution in [3.8, 4) is 0 Å². The molecule has 77 valence electrons. The second-order valence-corrected chi connectivity index (χ2v) is 4.99. The Labute approximate surface area is 109 Å². The molecule has 0 spiro atoms. The van der Waals surface area contributed by atoms with Crippen LogP contribution in [0.1, 0.15) is 67.1 Å². The molecule has 2 saturated carbocycles. The molecule has 0 unspecified atom stereocenters. The zero-order valence-electron chi connectivity index (χ0n) is 11.5. The van der Waals surface area contributed by atoms with Crippen LogP contribution < -0.4 is 0 Å². The third-order valence-corrected chi connectivity index (χ3v) is 3.84. The Hall–Kier alpha value is 0.831. The molecule has 2 heteroatoms. The minimum Gasteiger partial charge on any atom is -1.00 e. The summed E-state index contributed by atoms with van der Waals surface area (Å²) in [6.45, 7) is 0. The van der Waals surface area contributed by atoms with Gasteiger partial charge in [-0.25, -0.2) is 0 Å². The fourth-order valence-electron chi connectivity index (χ4n) is 3.04. The third-order valence-electron chi connectivity index (χ3n) is 3.84. The summed E-state index contributed by atoms with van der Waals surface area (Å²) in [7, 11) is 2.72. The molecule has 0 amide bonds. The third kappa shape index (κ3) is 4.14. The second-order valence-electron chi connectivity index (χ2n) is 4.99. The van der Waals surface area contributed by atoms with Crippen molar-refractivity contribution >= 4 is 30.3 Å². The van der Waals surface area contributed by atoms with Crippen molar-refractivity contribution in [2.45, 2.75) is 75.8 Å². The average Bonchev–Trinajstić information content (AvgIpc) is 2.21. The molecule has 0 atom stereocenters. The molecule has 1 radical (unpaired) electrons. The molecule has 2 aliphatic rings. The first-order valence-corrected chi connectivity index (χ1v) is 6.30. The van der Waals surface area contributed by atoms with Crippen molar-refractivity contribution in [3.63, 3.8) is 0 Å². The van der Waals surface area contributed by atoms with E-state index in [1.54, 1.807) is 0 Å². The molecule has 2 rings (SSSR count). The van der Waals surface area contributed by atoms with Crippen molar-refractivity contribution in [2.24, 2.45) is 0 Å². The summed E-state index contributed by atoms with van der Waals surface area (Å²) in [6, 6.07) is 0. The van der Waals surface area contributed by atoms with E-state index < -0.39 is 0 Å². The van der Waals surface area contributed by atoms with E-state index in [9.17, 15) is 0 Å². The van der Waals surface area contributed by atoms with Crippen LogP contribution >= 0.6 is 0 Å². The zero-order chi connectivity index (χ0) is 8.93. The number of rotatable bonds is 2. The first kappa shape index (κ1) is 12.9. The van der Waals surface area contributed by atoms with Crippen LogP contribution in [-0.2, 0) is 0 Å². The van der Waals surface area contributed by atoms with E-state index in [1.165, 1.54) is 64.2 Å². The van der Waals surface area contributed by atoms with Crippen LogP contribution in [0.5, 0.6) is 0 Å². The van der Waals surface area contributed by atoms with Gasteiger partial charge in [-0.05, 0) is 0 Å². The summed E-state index contributed by atoms with van der Waals surface area (Å²) < 4.78 is 0. The molecular weight excluding hydrogens is 179 g/mol. The van der Waals surface area contributed by atoms with Crippen molar-refractivity contribution < 1.29 is 2.85 Å². The monoisotopic (exact) mass is 203 g/mol. The van der Waals surface area contributed by atoms with Crippen LogP contribution in [0.25, 0.3) is 0 Å². The quantitative estimate of drug-likeness (QED) is 0.594. The van der Waals surface area contributed by atoms with Crippen LogP contribution in [0.4, 0.5) is 0 Å². The SMILES string of the molecule is [B](C1CCCCC1)C1CCCCC1.[H-].[H-].[Mg+2]. The molecule has 0 heterocycles. The van der Waals surface area contributed by atoms with Crippen LogP contribution in [0, 0.1) is 0 Å². The largest absolute Gasteiger partial charge is 2.00 e. The topological polar surface area (TPSA) is 0 Å². The molecule has 0 aromatic heterocycles. The standard InChI is InChI=1S/C12H22B.Mg.2H/c1-3-7-11(8-4-1)13-12-9-5-2-6-10-12;;;/h11-12H,1-10H2;;;/q;+2;2*-1. The van der Waals surface area contributed by atoms with Gasteiger partial charge in [-0.2, -0.15) is 0 Å². The Kier molecular flexibility index (Phi) is 6.60. The molecule has 0 bridgehead atoms. The first-order valence-electron chi connectivity index (χ1n) is 6.30. The average molecular weight is 203 g/mol. The molecule has 0 aromatic carbocycles. The van der Waals surface area contributed by atoms with Gasteiger partial charge in [-0.3, -0.25) is 0 Å². The fourth-order valence-corrected chi connectivity index (χ4v) is 3.04. The van der Waals surface area contributed by atoms with Gasteiger partial charge in [-0.1, -0.05) is 75.8 Å². The maximum Gasteiger partial charge on any atom is 2.00 e. The maximum absolute atomic E-state index is 2.72. The van der Waals surface area contributed by atoms with Crippen LogP contribution in [0.2, 0.25) is 11.6 Å². The Bertz CT molecular complexity index is 130. The van der Waals surface area contributed by atoms with Crippen molar-refractivity contribution in [1.82, 2.24) is 0 Å². The smallest absolute Gasteiger partial charge is 1.00 e. The summed E-state index contributed by atoms with van der Waals surface area (Å²) in [6.07, 6.45) is 15.0.